The van der Waals surface area contributed by atoms with Crippen LogP contribution in [-0.2, 0) is 0 Å². The topological polar surface area (TPSA) is 79.6 Å². The molecule has 0 spiro atoms. The molecule has 1 fully saturated rings. The van der Waals surface area contributed by atoms with Crippen LogP contribution in [0.2, 0.25) is 0 Å². The minimum Gasteiger partial charge on any atom is -0.395 e. The number of benzene rings is 1. The first-order valence-electron chi connectivity index (χ1n) is 8.00. The number of nitrogens with zero attached hydrogens (tertiary/aromatic N) is 3. The SMILES string of the molecule is CCC(CO)N1CCN(C(=O)Nc2cc(C#N)ccc2C)CC1. The molecule has 1 heterocycles. The Kier molecular flexibility index (Phi) is 5.97. The molecule has 0 aromatic heterocycles. The van der Waals surface area contributed by atoms with Crippen LogP contribution in [0.25, 0.3) is 0 Å². The molecular formula is C17H24N4O2. The number of aliphatic hydroxyl groups is 1. The standard InChI is InChI=1S/C17H24N4O2/c1-3-15(12-22)20-6-8-21(9-7-20)17(23)19-16-10-14(11-18)5-4-13(16)2/h4-5,10,15,22H,3,6-9,12H2,1-2H3,(H,19,23). The fourth-order valence-corrected chi connectivity index (χ4v) is 2.81. The summed E-state index contributed by atoms with van der Waals surface area (Å²) in [5, 5.41) is 21.2. The summed E-state index contributed by atoms with van der Waals surface area (Å²) in [6, 6.07) is 7.39. The molecule has 1 unspecified atom stereocenters. The first-order valence-corrected chi connectivity index (χ1v) is 8.00. The molecule has 1 aromatic carbocycles. The van der Waals surface area contributed by atoms with Gasteiger partial charge < -0.3 is 15.3 Å². The number of hydrogen-bond donors (Lipinski definition) is 2. The van der Waals surface area contributed by atoms with Gasteiger partial charge in [0.2, 0.25) is 0 Å². The Morgan fingerprint density at radius 3 is 2.65 bits per heavy atom. The molecule has 6 heteroatoms. The van der Waals surface area contributed by atoms with Gasteiger partial charge in [-0.05, 0) is 31.0 Å². The van der Waals surface area contributed by atoms with Gasteiger partial charge in [-0.1, -0.05) is 13.0 Å². The van der Waals surface area contributed by atoms with Crippen LogP contribution in [0, 0.1) is 18.3 Å². The summed E-state index contributed by atoms with van der Waals surface area (Å²) in [5.74, 6) is 0. The molecule has 124 valence electrons. The molecule has 2 rings (SSSR count). The number of nitriles is 1. The largest absolute Gasteiger partial charge is 0.395 e. The van der Waals surface area contributed by atoms with Crippen molar-refractivity contribution in [2.45, 2.75) is 26.3 Å². The number of piperazine rings is 1. The number of aliphatic hydroxyl groups excluding tert-OH is 1. The van der Waals surface area contributed by atoms with Crippen molar-refractivity contribution in [1.82, 2.24) is 9.80 Å². The van der Waals surface area contributed by atoms with E-state index >= 15 is 0 Å². The summed E-state index contributed by atoms with van der Waals surface area (Å²) in [4.78, 5) is 16.4. The van der Waals surface area contributed by atoms with Crippen LogP contribution >= 0.6 is 0 Å². The lowest BCUT2D eigenvalue weighted by Gasteiger charge is -2.38. The number of urea groups is 1. The molecule has 1 aliphatic heterocycles. The van der Waals surface area contributed by atoms with Gasteiger partial charge in [0.25, 0.3) is 0 Å². The second-order valence-electron chi connectivity index (χ2n) is 5.84. The minimum absolute atomic E-state index is 0.139. The Balaban J connectivity index is 1.94. The third kappa shape index (κ3) is 4.21. The van der Waals surface area contributed by atoms with Crippen molar-refractivity contribution in [3.8, 4) is 6.07 Å². The maximum atomic E-state index is 12.4. The highest BCUT2D eigenvalue weighted by Gasteiger charge is 2.25. The number of aryl methyl sites for hydroxylation is 1. The zero-order chi connectivity index (χ0) is 16.8. The molecule has 1 atom stereocenters. The number of nitrogens with one attached hydrogen (secondary N) is 1. The van der Waals surface area contributed by atoms with Crippen molar-refractivity contribution in [3.05, 3.63) is 29.3 Å². The molecular weight excluding hydrogens is 292 g/mol. The average Bonchev–Trinajstić information content (AvgIpc) is 2.58. The summed E-state index contributed by atoms with van der Waals surface area (Å²) in [6.07, 6.45) is 0.906. The minimum atomic E-state index is -0.139. The second kappa shape index (κ2) is 7.95. The molecule has 23 heavy (non-hydrogen) atoms. The Morgan fingerprint density at radius 2 is 2.09 bits per heavy atom. The van der Waals surface area contributed by atoms with E-state index in [2.05, 4.69) is 23.2 Å². The normalized spacial score (nSPS) is 16.7. The molecule has 2 N–H and O–H groups in total. The van der Waals surface area contributed by atoms with Gasteiger partial charge >= 0.3 is 6.03 Å². The Labute approximate surface area is 137 Å². The van der Waals surface area contributed by atoms with Gasteiger partial charge in [0, 0.05) is 37.9 Å². The highest BCUT2D eigenvalue weighted by Crippen LogP contribution is 2.18. The fraction of sp³-hybridized carbons (Fsp3) is 0.529. The van der Waals surface area contributed by atoms with E-state index in [0.29, 0.717) is 24.3 Å². The summed E-state index contributed by atoms with van der Waals surface area (Å²) < 4.78 is 0. The summed E-state index contributed by atoms with van der Waals surface area (Å²) >= 11 is 0. The van der Waals surface area contributed by atoms with Crippen LogP contribution < -0.4 is 5.32 Å². The summed E-state index contributed by atoms with van der Waals surface area (Å²) in [6.45, 7) is 6.93. The average molecular weight is 316 g/mol. The lowest BCUT2D eigenvalue weighted by atomic mass is 10.1. The molecule has 2 amide bonds. The molecule has 0 radical (unpaired) electrons. The third-order valence-corrected chi connectivity index (χ3v) is 4.41. The molecule has 1 aromatic rings. The van der Waals surface area contributed by atoms with E-state index < -0.39 is 0 Å². The summed E-state index contributed by atoms with van der Waals surface area (Å²) in [7, 11) is 0. The zero-order valence-corrected chi connectivity index (χ0v) is 13.7. The van der Waals surface area contributed by atoms with Crippen LogP contribution in [0.15, 0.2) is 18.2 Å². The van der Waals surface area contributed by atoms with Gasteiger partial charge in [0.05, 0.1) is 18.2 Å². The van der Waals surface area contributed by atoms with E-state index in [1.165, 1.54) is 0 Å². The van der Waals surface area contributed by atoms with Gasteiger partial charge in [-0.15, -0.1) is 0 Å². The van der Waals surface area contributed by atoms with Crippen molar-refractivity contribution in [1.29, 1.82) is 5.26 Å². The lowest BCUT2D eigenvalue weighted by molar-refractivity contribution is 0.0766. The van der Waals surface area contributed by atoms with E-state index in [1.54, 1.807) is 17.0 Å². The smallest absolute Gasteiger partial charge is 0.321 e. The molecule has 0 aliphatic carbocycles. The highest BCUT2D eigenvalue weighted by molar-refractivity contribution is 5.90. The fourth-order valence-electron chi connectivity index (χ4n) is 2.81. The number of hydrogen-bond acceptors (Lipinski definition) is 4. The van der Waals surface area contributed by atoms with Crippen molar-refractivity contribution < 1.29 is 9.90 Å². The predicted octanol–water partition coefficient (Wildman–Crippen LogP) is 1.79. The van der Waals surface area contributed by atoms with Crippen molar-refractivity contribution >= 4 is 11.7 Å². The van der Waals surface area contributed by atoms with Gasteiger partial charge in [0.1, 0.15) is 0 Å². The first kappa shape index (κ1) is 17.3. The zero-order valence-electron chi connectivity index (χ0n) is 13.7. The molecule has 0 bridgehead atoms. The highest BCUT2D eigenvalue weighted by atomic mass is 16.3. The molecule has 1 saturated heterocycles. The van der Waals surface area contributed by atoms with Gasteiger partial charge in [-0.2, -0.15) is 5.26 Å². The van der Waals surface area contributed by atoms with Crippen LogP contribution in [0.4, 0.5) is 10.5 Å². The lowest BCUT2D eigenvalue weighted by Crippen LogP contribution is -2.53. The van der Waals surface area contributed by atoms with Gasteiger partial charge in [0.15, 0.2) is 0 Å². The van der Waals surface area contributed by atoms with Crippen molar-refractivity contribution in [2.75, 3.05) is 38.1 Å². The predicted molar refractivity (Wildman–Crippen MR) is 89.2 cm³/mol. The molecule has 0 saturated carbocycles. The monoisotopic (exact) mass is 316 g/mol. The second-order valence-corrected chi connectivity index (χ2v) is 5.84. The van der Waals surface area contributed by atoms with Crippen LogP contribution in [0.1, 0.15) is 24.5 Å². The number of anilines is 1. The van der Waals surface area contributed by atoms with E-state index in [-0.39, 0.29) is 18.7 Å². The van der Waals surface area contributed by atoms with Crippen LogP contribution in [-0.4, -0.2) is 59.8 Å². The number of carbonyl (C=O) groups is 1. The number of rotatable bonds is 4. The molecule has 6 nitrogen and oxygen atoms in total. The van der Waals surface area contributed by atoms with Crippen LogP contribution in [0.3, 0.4) is 0 Å². The van der Waals surface area contributed by atoms with E-state index in [1.807, 2.05) is 13.0 Å². The van der Waals surface area contributed by atoms with Crippen molar-refractivity contribution in [2.24, 2.45) is 0 Å². The van der Waals surface area contributed by atoms with Crippen molar-refractivity contribution in [3.63, 3.8) is 0 Å². The quantitative estimate of drug-likeness (QED) is 0.887. The molecule has 1 aliphatic rings. The van der Waals surface area contributed by atoms with Gasteiger partial charge in [-0.3, -0.25) is 4.90 Å². The number of carbonyl (C=O) groups excluding carboxylic acids is 1. The maximum absolute atomic E-state index is 12.4. The van der Waals surface area contributed by atoms with Crippen LogP contribution in [0.5, 0.6) is 0 Å². The Hall–Kier alpha value is -2.10. The first-order chi connectivity index (χ1) is 11.1. The maximum Gasteiger partial charge on any atom is 0.321 e. The van der Waals surface area contributed by atoms with Gasteiger partial charge in [-0.25, -0.2) is 4.79 Å². The Morgan fingerprint density at radius 1 is 1.39 bits per heavy atom. The van der Waals surface area contributed by atoms with E-state index in [0.717, 1.165) is 25.1 Å². The van der Waals surface area contributed by atoms with E-state index in [9.17, 15) is 9.90 Å². The number of amides is 2. The van der Waals surface area contributed by atoms with E-state index in [4.69, 9.17) is 5.26 Å². The Bertz CT molecular complexity index is 585. The third-order valence-electron chi connectivity index (χ3n) is 4.41. The summed E-state index contributed by atoms with van der Waals surface area (Å²) in [5.41, 5.74) is 2.14.